The SMILES string of the molecule is N#CC(CO)Cc1ccc(Cl)c(Cl)c1. The zero-order valence-corrected chi connectivity index (χ0v) is 8.89. The Morgan fingerprint density at radius 3 is 2.57 bits per heavy atom. The van der Waals surface area contributed by atoms with Gasteiger partial charge in [0.15, 0.2) is 0 Å². The molecular formula is C10H9Cl2NO. The summed E-state index contributed by atoms with van der Waals surface area (Å²) < 4.78 is 0. The van der Waals surface area contributed by atoms with Crippen molar-refractivity contribution in [1.82, 2.24) is 0 Å². The first kappa shape index (κ1) is 11.3. The predicted octanol–water partition coefficient (Wildman–Crippen LogP) is 2.67. The van der Waals surface area contributed by atoms with Crippen molar-refractivity contribution in [2.24, 2.45) is 5.92 Å². The van der Waals surface area contributed by atoms with Crippen molar-refractivity contribution in [2.75, 3.05) is 6.61 Å². The van der Waals surface area contributed by atoms with Crippen LogP contribution in [0.2, 0.25) is 10.0 Å². The van der Waals surface area contributed by atoms with Gasteiger partial charge in [0.25, 0.3) is 0 Å². The van der Waals surface area contributed by atoms with Gasteiger partial charge < -0.3 is 5.11 Å². The molecule has 0 fully saturated rings. The van der Waals surface area contributed by atoms with Gasteiger partial charge in [0.2, 0.25) is 0 Å². The van der Waals surface area contributed by atoms with E-state index in [9.17, 15) is 0 Å². The van der Waals surface area contributed by atoms with E-state index in [0.717, 1.165) is 5.56 Å². The number of halogens is 2. The number of benzene rings is 1. The van der Waals surface area contributed by atoms with E-state index in [1.54, 1.807) is 18.2 Å². The van der Waals surface area contributed by atoms with Gasteiger partial charge in [-0.3, -0.25) is 0 Å². The van der Waals surface area contributed by atoms with E-state index in [1.807, 2.05) is 6.07 Å². The molecule has 1 N–H and O–H groups in total. The minimum atomic E-state index is -0.382. The van der Waals surface area contributed by atoms with Gasteiger partial charge in [-0.25, -0.2) is 0 Å². The van der Waals surface area contributed by atoms with Crippen LogP contribution in [0, 0.1) is 17.2 Å². The summed E-state index contributed by atoms with van der Waals surface area (Å²) in [4.78, 5) is 0. The van der Waals surface area contributed by atoms with Gasteiger partial charge in [-0.2, -0.15) is 5.26 Å². The van der Waals surface area contributed by atoms with E-state index in [1.165, 1.54) is 0 Å². The van der Waals surface area contributed by atoms with Gasteiger partial charge in [0, 0.05) is 0 Å². The lowest BCUT2D eigenvalue weighted by Gasteiger charge is -2.06. The second-order valence-corrected chi connectivity index (χ2v) is 3.78. The first-order valence-electron chi connectivity index (χ1n) is 4.11. The number of rotatable bonds is 3. The number of aliphatic hydroxyl groups excluding tert-OH is 1. The van der Waals surface area contributed by atoms with Crippen LogP contribution >= 0.6 is 23.2 Å². The molecule has 0 saturated heterocycles. The summed E-state index contributed by atoms with van der Waals surface area (Å²) >= 11 is 11.5. The molecule has 0 aliphatic rings. The third-order valence-corrected chi connectivity index (χ3v) is 2.61. The van der Waals surface area contributed by atoms with Crippen LogP contribution in [-0.4, -0.2) is 11.7 Å². The van der Waals surface area contributed by atoms with Gasteiger partial charge in [0.05, 0.1) is 28.6 Å². The molecule has 1 atom stereocenters. The van der Waals surface area contributed by atoms with Gasteiger partial charge in [0.1, 0.15) is 0 Å². The molecule has 0 heterocycles. The van der Waals surface area contributed by atoms with Crippen molar-refractivity contribution in [3.8, 4) is 6.07 Å². The summed E-state index contributed by atoms with van der Waals surface area (Å²) in [5, 5.41) is 18.4. The van der Waals surface area contributed by atoms with Gasteiger partial charge in [-0.05, 0) is 24.1 Å². The molecular weight excluding hydrogens is 221 g/mol. The first-order valence-corrected chi connectivity index (χ1v) is 4.87. The minimum absolute atomic E-state index is 0.142. The van der Waals surface area contributed by atoms with Crippen LogP contribution in [0.1, 0.15) is 5.56 Å². The highest BCUT2D eigenvalue weighted by Crippen LogP contribution is 2.23. The zero-order valence-electron chi connectivity index (χ0n) is 7.37. The molecule has 0 aliphatic heterocycles. The Kier molecular flexibility index (Phi) is 4.21. The third kappa shape index (κ3) is 2.88. The quantitative estimate of drug-likeness (QED) is 0.867. The lowest BCUT2D eigenvalue weighted by Crippen LogP contribution is -2.06. The second-order valence-electron chi connectivity index (χ2n) is 2.96. The van der Waals surface area contributed by atoms with Crippen LogP contribution in [0.5, 0.6) is 0 Å². The molecule has 74 valence electrons. The topological polar surface area (TPSA) is 44.0 Å². The molecule has 0 bridgehead atoms. The Morgan fingerprint density at radius 2 is 2.07 bits per heavy atom. The van der Waals surface area contributed by atoms with Gasteiger partial charge in [-0.15, -0.1) is 0 Å². The molecule has 2 nitrogen and oxygen atoms in total. The van der Waals surface area contributed by atoms with E-state index in [-0.39, 0.29) is 12.5 Å². The number of hydrogen-bond acceptors (Lipinski definition) is 2. The number of hydrogen-bond donors (Lipinski definition) is 1. The molecule has 0 saturated carbocycles. The van der Waals surface area contributed by atoms with Gasteiger partial charge in [-0.1, -0.05) is 29.3 Å². The Labute approximate surface area is 92.7 Å². The summed E-state index contributed by atoms with van der Waals surface area (Å²) in [5.74, 6) is -0.382. The summed E-state index contributed by atoms with van der Waals surface area (Å²) in [6, 6.07) is 7.21. The summed E-state index contributed by atoms with van der Waals surface area (Å²) in [6.45, 7) is -0.142. The van der Waals surface area contributed by atoms with Crippen molar-refractivity contribution in [3.05, 3.63) is 33.8 Å². The van der Waals surface area contributed by atoms with E-state index in [4.69, 9.17) is 33.6 Å². The summed E-state index contributed by atoms with van der Waals surface area (Å²) in [6.07, 6.45) is 0.490. The van der Waals surface area contributed by atoms with Gasteiger partial charge >= 0.3 is 0 Å². The molecule has 1 aromatic carbocycles. The van der Waals surface area contributed by atoms with Crippen molar-refractivity contribution in [1.29, 1.82) is 5.26 Å². The normalized spacial score (nSPS) is 12.1. The lowest BCUT2D eigenvalue weighted by molar-refractivity contribution is 0.255. The lowest BCUT2D eigenvalue weighted by atomic mass is 10.0. The predicted molar refractivity (Wildman–Crippen MR) is 56.4 cm³/mol. The summed E-state index contributed by atoms with van der Waals surface area (Å²) in [5.41, 5.74) is 0.903. The minimum Gasteiger partial charge on any atom is -0.395 e. The maximum absolute atomic E-state index is 8.83. The number of nitriles is 1. The monoisotopic (exact) mass is 229 g/mol. The van der Waals surface area contributed by atoms with Crippen molar-refractivity contribution in [3.63, 3.8) is 0 Å². The van der Waals surface area contributed by atoms with Crippen LogP contribution in [0.3, 0.4) is 0 Å². The highest BCUT2D eigenvalue weighted by Gasteiger charge is 2.08. The highest BCUT2D eigenvalue weighted by molar-refractivity contribution is 6.42. The molecule has 0 radical (unpaired) electrons. The van der Waals surface area contributed by atoms with Crippen LogP contribution in [0.4, 0.5) is 0 Å². The fraction of sp³-hybridized carbons (Fsp3) is 0.300. The van der Waals surface area contributed by atoms with Crippen molar-refractivity contribution >= 4 is 23.2 Å². The van der Waals surface area contributed by atoms with Crippen molar-refractivity contribution in [2.45, 2.75) is 6.42 Å². The Balaban J connectivity index is 2.78. The third-order valence-electron chi connectivity index (χ3n) is 1.87. The molecule has 14 heavy (non-hydrogen) atoms. The van der Waals surface area contributed by atoms with E-state index in [2.05, 4.69) is 0 Å². The molecule has 0 amide bonds. The molecule has 0 spiro atoms. The Hall–Kier alpha value is -0.750. The highest BCUT2D eigenvalue weighted by atomic mass is 35.5. The van der Waals surface area contributed by atoms with Crippen LogP contribution in [-0.2, 0) is 6.42 Å². The zero-order chi connectivity index (χ0) is 10.6. The molecule has 1 rings (SSSR count). The molecule has 0 aromatic heterocycles. The smallest absolute Gasteiger partial charge is 0.0734 e. The van der Waals surface area contributed by atoms with Crippen LogP contribution in [0.15, 0.2) is 18.2 Å². The maximum Gasteiger partial charge on any atom is 0.0734 e. The molecule has 1 unspecified atom stereocenters. The Bertz CT molecular complexity index is 360. The largest absolute Gasteiger partial charge is 0.395 e. The average Bonchev–Trinajstić information content (AvgIpc) is 2.19. The average molecular weight is 230 g/mol. The number of aliphatic hydroxyl groups is 1. The molecule has 1 aromatic rings. The van der Waals surface area contributed by atoms with Crippen LogP contribution < -0.4 is 0 Å². The number of nitrogens with zero attached hydrogens (tertiary/aromatic N) is 1. The summed E-state index contributed by atoms with van der Waals surface area (Å²) in [7, 11) is 0. The maximum atomic E-state index is 8.83. The van der Waals surface area contributed by atoms with E-state index >= 15 is 0 Å². The fourth-order valence-corrected chi connectivity index (χ4v) is 1.42. The standard InChI is InChI=1S/C10H9Cl2NO/c11-9-2-1-7(4-10(9)12)3-8(5-13)6-14/h1-2,4,8,14H,3,6H2. The van der Waals surface area contributed by atoms with Crippen LogP contribution in [0.25, 0.3) is 0 Å². The molecule has 4 heteroatoms. The first-order chi connectivity index (χ1) is 6.67. The second kappa shape index (κ2) is 5.21. The molecule has 0 aliphatic carbocycles. The van der Waals surface area contributed by atoms with E-state index < -0.39 is 0 Å². The van der Waals surface area contributed by atoms with E-state index in [0.29, 0.717) is 16.5 Å². The fourth-order valence-electron chi connectivity index (χ4n) is 1.10. The van der Waals surface area contributed by atoms with Crippen molar-refractivity contribution < 1.29 is 5.11 Å². The Morgan fingerprint density at radius 1 is 1.36 bits per heavy atom.